The van der Waals surface area contributed by atoms with Gasteiger partial charge in [0.2, 0.25) is 0 Å². The molecular weight excluding hydrogens is 256 g/mol. The molecule has 2 rings (SSSR count). The highest BCUT2D eigenvalue weighted by atomic mass is 35.5. The molecule has 0 saturated heterocycles. The highest BCUT2D eigenvalue weighted by Crippen LogP contribution is 2.28. The Hall–Kier alpha value is -1.31. The zero-order chi connectivity index (χ0) is 13.7. The third-order valence-electron chi connectivity index (χ3n) is 3.31. The maximum absolute atomic E-state index is 10.4. The van der Waals surface area contributed by atoms with Gasteiger partial charge in [0, 0.05) is 10.6 Å². The number of hydrogen-bond acceptors (Lipinski definition) is 1. The van der Waals surface area contributed by atoms with E-state index in [0.29, 0.717) is 5.02 Å². The molecule has 0 bridgehead atoms. The number of aliphatic hydroxyl groups excluding tert-OH is 1. The molecule has 0 aromatic heterocycles. The molecule has 0 spiro atoms. The normalized spacial score (nSPS) is 12.4. The SMILES string of the molecule is CCCCc1ccc(C(O)c2ccccc2Cl)cc1. The van der Waals surface area contributed by atoms with Crippen molar-refractivity contribution in [1.29, 1.82) is 0 Å². The van der Waals surface area contributed by atoms with E-state index >= 15 is 0 Å². The lowest BCUT2D eigenvalue weighted by atomic mass is 9.99. The van der Waals surface area contributed by atoms with Crippen LogP contribution in [-0.4, -0.2) is 5.11 Å². The van der Waals surface area contributed by atoms with Gasteiger partial charge in [-0.3, -0.25) is 0 Å². The van der Waals surface area contributed by atoms with Gasteiger partial charge in [-0.1, -0.05) is 67.4 Å². The van der Waals surface area contributed by atoms with Gasteiger partial charge in [-0.25, -0.2) is 0 Å². The van der Waals surface area contributed by atoms with E-state index < -0.39 is 6.10 Å². The van der Waals surface area contributed by atoms with Crippen LogP contribution in [0.4, 0.5) is 0 Å². The van der Waals surface area contributed by atoms with Crippen molar-refractivity contribution in [2.45, 2.75) is 32.3 Å². The largest absolute Gasteiger partial charge is 0.384 e. The average Bonchev–Trinajstić information content (AvgIpc) is 2.45. The van der Waals surface area contributed by atoms with Crippen LogP contribution < -0.4 is 0 Å². The Morgan fingerprint density at radius 1 is 1.05 bits per heavy atom. The Morgan fingerprint density at radius 2 is 1.74 bits per heavy atom. The molecule has 100 valence electrons. The molecule has 0 aliphatic heterocycles. The zero-order valence-corrected chi connectivity index (χ0v) is 11.9. The van der Waals surface area contributed by atoms with Crippen molar-refractivity contribution < 1.29 is 5.11 Å². The number of aliphatic hydroxyl groups is 1. The van der Waals surface area contributed by atoms with Crippen LogP contribution in [0.5, 0.6) is 0 Å². The second kappa shape index (κ2) is 6.74. The van der Waals surface area contributed by atoms with E-state index in [9.17, 15) is 5.11 Å². The third-order valence-corrected chi connectivity index (χ3v) is 3.66. The number of hydrogen-bond donors (Lipinski definition) is 1. The molecular formula is C17H19ClO. The van der Waals surface area contributed by atoms with E-state index in [4.69, 9.17) is 11.6 Å². The van der Waals surface area contributed by atoms with Crippen molar-refractivity contribution >= 4 is 11.6 Å². The van der Waals surface area contributed by atoms with Gasteiger partial charge in [0.05, 0.1) is 0 Å². The molecule has 2 aromatic rings. The molecule has 0 aliphatic carbocycles. The van der Waals surface area contributed by atoms with E-state index in [0.717, 1.165) is 17.5 Å². The van der Waals surface area contributed by atoms with E-state index in [-0.39, 0.29) is 0 Å². The molecule has 1 N–H and O–H groups in total. The maximum Gasteiger partial charge on any atom is 0.105 e. The first-order valence-electron chi connectivity index (χ1n) is 6.73. The summed E-state index contributed by atoms with van der Waals surface area (Å²) in [4.78, 5) is 0. The fourth-order valence-corrected chi connectivity index (χ4v) is 2.36. The summed E-state index contributed by atoms with van der Waals surface area (Å²) in [5.41, 5.74) is 2.95. The summed E-state index contributed by atoms with van der Waals surface area (Å²) in [7, 11) is 0. The molecule has 2 aromatic carbocycles. The molecule has 0 saturated carbocycles. The van der Waals surface area contributed by atoms with Crippen molar-refractivity contribution in [3.05, 3.63) is 70.2 Å². The number of halogens is 1. The maximum atomic E-state index is 10.4. The molecule has 1 unspecified atom stereocenters. The van der Waals surface area contributed by atoms with Gasteiger partial charge in [0.25, 0.3) is 0 Å². The lowest BCUT2D eigenvalue weighted by Crippen LogP contribution is -2.00. The number of benzene rings is 2. The zero-order valence-electron chi connectivity index (χ0n) is 11.1. The van der Waals surface area contributed by atoms with Gasteiger partial charge < -0.3 is 5.11 Å². The van der Waals surface area contributed by atoms with Gasteiger partial charge in [0.1, 0.15) is 6.10 Å². The van der Waals surface area contributed by atoms with Gasteiger partial charge in [-0.2, -0.15) is 0 Å². The Labute approximate surface area is 119 Å². The first-order chi connectivity index (χ1) is 9.22. The summed E-state index contributed by atoms with van der Waals surface area (Å²) >= 11 is 6.11. The van der Waals surface area contributed by atoms with Crippen molar-refractivity contribution in [1.82, 2.24) is 0 Å². The minimum absolute atomic E-state index is 0.602. The highest BCUT2D eigenvalue weighted by Gasteiger charge is 2.13. The van der Waals surface area contributed by atoms with E-state index in [1.807, 2.05) is 30.3 Å². The van der Waals surface area contributed by atoms with E-state index in [1.54, 1.807) is 6.07 Å². The summed E-state index contributed by atoms with van der Waals surface area (Å²) in [5, 5.41) is 11.0. The molecule has 2 heteroatoms. The van der Waals surface area contributed by atoms with Gasteiger partial charge in [-0.05, 0) is 30.0 Å². The Balaban J connectivity index is 2.16. The molecule has 0 amide bonds. The molecule has 0 fully saturated rings. The molecule has 1 atom stereocenters. The first kappa shape index (κ1) is 14.1. The molecule has 1 nitrogen and oxygen atoms in total. The Kier molecular flexibility index (Phi) is 5.00. The minimum Gasteiger partial charge on any atom is -0.384 e. The fraction of sp³-hybridized carbons (Fsp3) is 0.294. The quantitative estimate of drug-likeness (QED) is 0.833. The fourth-order valence-electron chi connectivity index (χ4n) is 2.12. The number of aryl methyl sites for hydroxylation is 1. The van der Waals surface area contributed by atoms with Crippen molar-refractivity contribution in [3.63, 3.8) is 0 Å². The summed E-state index contributed by atoms with van der Waals surface area (Å²) in [6, 6.07) is 15.6. The summed E-state index contributed by atoms with van der Waals surface area (Å²) in [6.45, 7) is 2.19. The van der Waals surface area contributed by atoms with Crippen LogP contribution in [0.1, 0.15) is 42.6 Å². The first-order valence-corrected chi connectivity index (χ1v) is 7.11. The van der Waals surface area contributed by atoms with Crippen LogP contribution in [0.2, 0.25) is 5.02 Å². The lowest BCUT2D eigenvalue weighted by molar-refractivity contribution is 0.220. The number of unbranched alkanes of at least 4 members (excludes halogenated alkanes) is 1. The third kappa shape index (κ3) is 3.59. The second-order valence-corrected chi connectivity index (χ2v) is 5.18. The highest BCUT2D eigenvalue weighted by molar-refractivity contribution is 6.31. The van der Waals surface area contributed by atoms with E-state index in [2.05, 4.69) is 19.1 Å². The van der Waals surface area contributed by atoms with Gasteiger partial charge in [-0.15, -0.1) is 0 Å². The van der Waals surface area contributed by atoms with Crippen LogP contribution in [0, 0.1) is 0 Å². The summed E-state index contributed by atoms with van der Waals surface area (Å²) < 4.78 is 0. The van der Waals surface area contributed by atoms with Crippen LogP contribution >= 0.6 is 11.6 Å². The van der Waals surface area contributed by atoms with E-state index in [1.165, 1.54) is 18.4 Å². The van der Waals surface area contributed by atoms with Crippen LogP contribution in [0.15, 0.2) is 48.5 Å². The molecule has 0 heterocycles. The van der Waals surface area contributed by atoms with Gasteiger partial charge in [0.15, 0.2) is 0 Å². The van der Waals surface area contributed by atoms with Crippen molar-refractivity contribution in [2.75, 3.05) is 0 Å². The van der Waals surface area contributed by atoms with Crippen LogP contribution in [0.3, 0.4) is 0 Å². The van der Waals surface area contributed by atoms with Crippen molar-refractivity contribution in [3.8, 4) is 0 Å². The second-order valence-electron chi connectivity index (χ2n) is 4.77. The topological polar surface area (TPSA) is 20.2 Å². The Bertz CT molecular complexity index is 519. The standard InChI is InChI=1S/C17H19ClO/c1-2-3-6-13-9-11-14(12-10-13)17(19)15-7-4-5-8-16(15)18/h4-5,7-12,17,19H,2-3,6H2,1H3. The van der Waals surface area contributed by atoms with Gasteiger partial charge >= 0.3 is 0 Å². The van der Waals surface area contributed by atoms with Crippen LogP contribution in [-0.2, 0) is 6.42 Å². The minimum atomic E-state index is -0.658. The number of rotatable bonds is 5. The summed E-state index contributed by atoms with van der Waals surface area (Å²) in [6.07, 6.45) is 2.84. The van der Waals surface area contributed by atoms with Crippen LogP contribution in [0.25, 0.3) is 0 Å². The molecule has 19 heavy (non-hydrogen) atoms. The Morgan fingerprint density at radius 3 is 2.37 bits per heavy atom. The smallest absolute Gasteiger partial charge is 0.105 e. The average molecular weight is 275 g/mol. The monoisotopic (exact) mass is 274 g/mol. The predicted molar refractivity (Wildman–Crippen MR) is 80.6 cm³/mol. The molecule has 0 radical (unpaired) electrons. The summed E-state index contributed by atoms with van der Waals surface area (Å²) in [5.74, 6) is 0. The van der Waals surface area contributed by atoms with Crippen molar-refractivity contribution in [2.24, 2.45) is 0 Å². The molecule has 0 aliphatic rings. The lowest BCUT2D eigenvalue weighted by Gasteiger charge is -2.13. The predicted octanol–water partition coefficient (Wildman–Crippen LogP) is 4.76.